The van der Waals surface area contributed by atoms with Gasteiger partial charge in [0.2, 0.25) is 0 Å². The summed E-state index contributed by atoms with van der Waals surface area (Å²) in [5.74, 6) is -2.94. The van der Waals surface area contributed by atoms with Gasteiger partial charge in [-0.1, -0.05) is 31.2 Å². The molecule has 0 bridgehead atoms. The molecule has 2 heterocycles. The van der Waals surface area contributed by atoms with Crippen LogP contribution in [0.4, 0.5) is 22.4 Å². The lowest BCUT2D eigenvalue weighted by molar-refractivity contribution is -0.0973. The summed E-state index contributed by atoms with van der Waals surface area (Å²) < 4.78 is 56.1. The van der Waals surface area contributed by atoms with Crippen molar-refractivity contribution in [1.82, 2.24) is 20.0 Å². The molecule has 4 rings (SSSR count). The molecule has 3 aliphatic rings. The first-order chi connectivity index (χ1) is 17.0. The van der Waals surface area contributed by atoms with Crippen molar-refractivity contribution >= 4 is 6.03 Å². The summed E-state index contributed by atoms with van der Waals surface area (Å²) in [4.78, 5) is 19.3. The molecule has 1 saturated carbocycles. The van der Waals surface area contributed by atoms with Crippen molar-refractivity contribution in [1.29, 1.82) is 0 Å². The number of hydrogen-bond donors (Lipinski definition) is 1. The van der Waals surface area contributed by atoms with Gasteiger partial charge in [-0.3, -0.25) is 9.80 Å². The van der Waals surface area contributed by atoms with Crippen LogP contribution in [0.25, 0.3) is 0 Å². The topological polar surface area (TPSA) is 38.8 Å². The number of piperidine rings is 1. The van der Waals surface area contributed by atoms with Gasteiger partial charge in [0, 0.05) is 63.3 Å². The molecule has 0 aromatic heterocycles. The van der Waals surface area contributed by atoms with Gasteiger partial charge in [0.25, 0.3) is 12.3 Å². The molecule has 0 spiro atoms. The van der Waals surface area contributed by atoms with Crippen LogP contribution in [0, 0.1) is 0 Å². The van der Waals surface area contributed by atoms with E-state index in [0.29, 0.717) is 44.8 Å². The van der Waals surface area contributed by atoms with Gasteiger partial charge < -0.3 is 10.2 Å². The minimum atomic E-state index is -2.94. The average molecular weight is 513 g/mol. The summed E-state index contributed by atoms with van der Waals surface area (Å²) in [6.45, 7) is 10.4. The zero-order valence-corrected chi connectivity index (χ0v) is 21.7. The number of amides is 2. The van der Waals surface area contributed by atoms with Gasteiger partial charge in [0.05, 0.1) is 0 Å². The zero-order chi connectivity index (χ0) is 26.1. The molecule has 202 valence electrons. The Bertz CT molecular complexity index is 878. The molecule has 0 radical (unpaired) electrons. The Hall–Kier alpha value is -1.87. The van der Waals surface area contributed by atoms with Crippen LogP contribution in [0.5, 0.6) is 0 Å². The Labute approximate surface area is 212 Å². The fourth-order valence-electron chi connectivity index (χ4n) is 6.08. The number of alkyl halides is 4. The molecular weight excluding hydrogens is 472 g/mol. The number of piperazine rings is 1. The first kappa shape index (κ1) is 27.2. The number of benzene rings is 1. The minimum absolute atomic E-state index is 0.00672. The predicted octanol–water partition coefficient (Wildman–Crippen LogP) is 5.27. The van der Waals surface area contributed by atoms with Gasteiger partial charge in [-0.2, -0.15) is 0 Å². The number of nitrogens with one attached hydrogen (secondary N) is 1. The lowest BCUT2D eigenvalue weighted by Gasteiger charge is -2.48. The highest BCUT2D eigenvalue weighted by molar-refractivity contribution is 5.75. The SMILES string of the molecule is CC(C)N1CCN([C@H]2CCCC(F)(F)[C@@H]2NC(=O)N2CCC(C)(c3ccc(C(F)F)cc3)CC2)CC1. The van der Waals surface area contributed by atoms with Crippen molar-refractivity contribution in [3.63, 3.8) is 0 Å². The Morgan fingerprint density at radius 1 is 0.972 bits per heavy atom. The molecule has 1 aliphatic carbocycles. The normalized spacial score (nSPS) is 27.4. The zero-order valence-electron chi connectivity index (χ0n) is 21.7. The highest BCUT2D eigenvalue weighted by Crippen LogP contribution is 2.38. The average Bonchev–Trinajstić information content (AvgIpc) is 2.85. The summed E-state index contributed by atoms with van der Waals surface area (Å²) in [5, 5.41) is 2.75. The molecule has 2 amide bonds. The summed E-state index contributed by atoms with van der Waals surface area (Å²) >= 11 is 0. The van der Waals surface area contributed by atoms with E-state index in [1.165, 1.54) is 12.1 Å². The smallest absolute Gasteiger partial charge is 0.317 e. The highest BCUT2D eigenvalue weighted by atomic mass is 19.3. The monoisotopic (exact) mass is 512 g/mol. The highest BCUT2D eigenvalue weighted by Gasteiger charge is 2.50. The predicted molar refractivity (Wildman–Crippen MR) is 133 cm³/mol. The van der Waals surface area contributed by atoms with Crippen molar-refractivity contribution in [2.45, 2.75) is 88.8 Å². The van der Waals surface area contributed by atoms with E-state index < -0.39 is 24.4 Å². The Morgan fingerprint density at radius 3 is 2.14 bits per heavy atom. The first-order valence-electron chi connectivity index (χ1n) is 13.3. The maximum absolute atomic E-state index is 15.1. The number of halogens is 4. The van der Waals surface area contributed by atoms with Crippen LogP contribution < -0.4 is 5.32 Å². The van der Waals surface area contributed by atoms with Crippen molar-refractivity contribution in [3.8, 4) is 0 Å². The number of hydrogen-bond acceptors (Lipinski definition) is 3. The third kappa shape index (κ3) is 5.82. The molecule has 2 aliphatic heterocycles. The number of nitrogens with zero attached hydrogens (tertiary/aromatic N) is 3. The molecule has 1 aromatic carbocycles. The second kappa shape index (κ2) is 10.9. The first-order valence-corrected chi connectivity index (χ1v) is 13.3. The number of carbonyl (C=O) groups excluding carboxylic acids is 1. The second-order valence-electron chi connectivity index (χ2n) is 11.3. The van der Waals surface area contributed by atoms with Gasteiger partial charge in [-0.25, -0.2) is 22.4 Å². The fraction of sp³-hybridized carbons (Fsp3) is 0.741. The summed E-state index contributed by atoms with van der Waals surface area (Å²) in [6.07, 6.45) is -0.284. The third-order valence-corrected chi connectivity index (χ3v) is 8.69. The Balaban J connectivity index is 1.38. The van der Waals surface area contributed by atoms with Gasteiger partial charge in [0.1, 0.15) is 6.04 Å². The van der Waals surface area contributed by atoms with Crippen LogP contribution in [-0.4, -0.2) is 84.0 Å². The lowest BCUT2D eigenvalue weighted by Crippen LogP contribution is -2.66. The Kier molecular flexibility index (Phi) is 8.19. The van der Waals surface area contributed by atoms with Crippen LogP contribution >= 0.6 is 0 Å². The summed E-state index contributed by atoms with van der Waals surface area (Å²) in [7, 11) is 0. The molecular formula is C27H40F4N4O. The Morgan fingerprint density at radius 2 is 1.58 bits per heavy atom. The lowest BCUT2D eigenvalue weighted by atomic mass is 9.74. The van der Waals surface area contributed by atoms with Crippen LogP contribution in [-0.2, 0) is 5.41 Å². The molecule has 2 saturated heterocycles. The second-order valence-corrected chi connectivity index (χ2v) is 11.3. The third-order valence-electron chi connectivity index (χ3n) is 8.69. The van der Waals surface area contributed by atoms with E-state index in [1.807, 2.05) is 0 Å². The molecule has 5 nitrogen and oxygen atoms in total. The van der Waals surface area contributed by atoms with Crippen LogP contribution in [0.15, 0.2) is 24.3 Å². The van der Waals surface area contributed by atoms with E-state index in [1.54, 1.807) is 17.0 Å². The number of urea groups is 1. The van der Waals surface area contributed by atoms with Crippen molar-refractivity contribution in [3.05, 3.63) is 35.4 Å². The van der Waals surface area contributed by atoms with Gasteiger partial charge in [-0.15, -0.1) is 0 Å². The van der Waals surface area contributed by atoms with Gasteiger partial charge in [0.15, 0.2) is 0 Å². The maximum atomic E-state index is 15.1. The molecule has 36 heavy (non-hydrogen) atoms. The number of carbonyl (C=O) groups is 1. The molecule has 1 aromatic rings. The van der Waals surface area contributed by atoms with Crippen molar-refractivity contribution in [2.24, 2.45) is 0 Å². The maximum Gasteiger partial charge on any atom is 0.317 e. The van der Waals surface area contributed by atoms with Crippen molar-refractivity contribution in [2.75, 3.05) is 39.3 Å². The minimum Gasteiger partial charge on any atom is -0.328 e. The van der Waals surface area contributed by atoms with E-state index in [2.05, 4.69) is 35.9 Å². The quantitative estimate of drug-likeness (QED) is 0.547. The van der Waals surface area contributed by atoms with E-state index in [4.69, 9.17) is 0 Å². The standard InChI is InChI=1S/C27H40F4N4O/c1-19(2)33-15-17-34(18-16-33)22-5-4-10-27(30,31)23(22)32-25(36)35-13-11-26(3,12-14-35)21-8-6-20(7-9-21)24(28)29/h6-9,19,22-24H,4-5,10-18H2,1-3H3,(H,32,36)/t22-,23+/m0/s1. The van der Waals surface area contributed by atoms with Crippen molar-refractivity contribution < 1.29 is 22.4 Å². The largest absolute Gasteiger partial charge is 0.328 e. The molecule has 2 atom stereocenters. The molecule has 3 fully saturated rings. The van der Waals surface area contributed by atoms with Gasteiger partial charge >= 0.3 is 6.03 Å². The van der Waals surface area contributed by atoms with Gasteiger partial charge in [-0.05, 0) is 50.5 Å². The number of rotatable bonds is 5. The van der Waals surface area contributed by atoms with Crippen LogP contribution in [0.3, 0.4) is 0 Å². The summed E-state index contributed by atoms with van der Waals surface area (Å²) in [6, 6.07) is 4.83. The molecule has 9 heteroatoms. The van der Waals surface area contributed by atoms with E-state index in [0.717, 1.165) is 31.7 Å². The van der Waals surface area contributed by atoms with Crippen LogP contribution in [0.1, 0.15) is 70.4 Å². The molecule has 1 N–H and O–H groups in total. The number of likely N-dealkylation sites (tertiary alicyclic amines) is 1. The fourth-order valence-corrected chi connectivity index (χ4v) is 6.08. The molecule has 0 unspecified atom stereocenters. The van der Waals surface area contributed by atoms with Crippen LogP contribution in [0.2, 0.25) is 0 Å². The summed E-state index contributed by atoms with van der Waals surface area (Å²) in [5.41, 5.74) is 0.712. The van der Waals surface area contributed by atoms with E-state index >= 15 is 8.78 Å². The van der Waals surface area contributed by atoms with E-state index in [9.17, 15) is 13.6 Å². The van der Waals surface area contributed by atoms with E-state index in [-0.39, 0.29) is 23.4 Å².